The number of carbonyl (C=O) groups excluding carboxylic acids is 1. The number of aliphatic hydroxyl groups excluding tert-OH is 1. The van der Waals surface area contributed by atoms with Crippen LogP contribution in [0.15, 0.2) is 35.9 Å². The van der Waals surface area contributed by atoms with Crippen LogP contribution >= 0.6 is 0 Å². The van der Waals surface area contributed by atoms with E-state index in [0.717, 1.165) is 6.42 Å². The molecule has 15 heavy (non-hydrogen) atoms. The molecule has 80 valence electrons. The van der Waals surface area contributed by atoms with Gasteiger partial charge in [0.05, 0.1) is 0 Å². The first-order valence-electron chi connectivity index (χ1n) is 5.00. The van der Waals surface area contributed by atoms with Gasteiger partial charge in [-0.3, -0.25) is 4.79 Å². The fraction of sp³-hybridized carbons (Fsp3) is 0.308. The van der Waals surface area contributed by atoms with Crippen LogP contribution in [0.25, 0.3) is 0 Å². The van der Waals surface area contributed by atoms with Crippen molar-refractivity contribution in [3.05, 3.63) is 47.0 Å². The number of benzene rings is 1. The maximum Gasteiger partial charge on any atom is 0.188 e. The Bertz CT molecular complexity index is 357. The number of carbonyl (C=O) groups is 1. The second-order valence-corrected chi connectivity index (χ2v) is 3.76. The van der Waals surface area contributed by atoms with Gasteiger partial charge in [0.2, 0.25) is 0 Å². The Kier molecular flexibility index (Phi) is 4.25. The molecule has 0 aliphatic heterocycles. The third-order valence-corrected chi connectivity index (χ3v) is 2.17. The van der Waals surface area contributed by atoms with Crippen molar-refractivity contribution in [1.29, 1.82) is 0 Å². The van der Waals surface area contributed by atoms with Crippen molar-refractivity contribution in [3.8, 4) is 0 Å². The van der Waals surface area contributed by atoms with E-state index in [0.29, 0.717) is 5.56 Å². The van der Waals surface area contributed by atoms with Crippen molar-refractivity contribution in [2.24, 2.45) is 0 Å². The summed E-state index contributed by atoms with van der Waals surface area (Å²) in [5.74, 6) is -0.233. The second-order valence-electron chi connectivity index (χ2n) is 3.76. The smallest absolute Gasteiger partial charge is 0.188 e. The molecule has 2 heteroatoms. The molecule has 0 fully saturated rings. The molecule has 0 saturated heterocycles. The Labute approximate surface area is 90.3 Å². The predicted octanol–water partition coefficient (Wildman–Crippen LogP) is 2.37. The molecule has 0 unspecified atom stereocenters. The van der Waals surface area contributed by atoms with Gasteiger partial charge in [0.1, 0.15) is 6.61 Å². The Hall–Kier alpha value is -1.41. The van der Waals surface area contributed by atoms with E-state index >= 15 is 0 Å². The Balaban J connectivity index is 2.72. The Morgan fingerprint density at radius 2 is 1.87 bits per heavy atom. The zero-order valence-corrected chi connectivity index (χ0v) is 9.16. The normalized spacial score (nSPS) is 9.80. The summed E-state index contributed by atoms with van der Waals surface area (Å²) >= 11 is 0. The zero-order valence-electron chi connectivity index (χ0n) is 9.16. The van der Waals surface area contributed by atoms with Gasteiger partial charge in [-0.2, -0.15) is 0 Å². The standard InChI is InChI=1S/C13H16O2/c1-10(2)3-4-11-5-7-12(8-6-11)13(15)9-14/h3,5-8,14H,4,9H2,1-2H3. The minimum atomic E-state index is -0.423. The topological polar surface area (TPSA) is 37.3 Å². The van der Waals surface area contributed by atoms with E-state index in [4.69, 9.17) is 5.11 Å². The van der Waals surface area contributed by atoms with Crippen molar-refractivity contribution < 1.29 is 9.90 Å². The average molecular weight is 204 g/mol. The van der Waals surface area contributed by atoms with Crippen LogP contribution in [0, 0.1) is 0 Å². The van der Waals surface area contributed by atoms with Crippen LogP contribution in [-0.4, -0.2) is 17.5 Å². The maximum atomic E-state index is 11.1. The average Bonchev–Trinajstić information content (AvgIpc) is 2.26. The number of rotatable bonds is 4. The molecular weight excluding hydrogens is 188 g/mol. The molecule has 1 N–H and O–H groups in total. The summed E-state index contributed by atoms with van der Waals surface area (Å²) < 4.78 is 0. The first-order valence-corrected chi connectivity index (χ1v) is 5.00. The van der Waals surface area contributed by atoms with Gasteiger partial charge in [0, 0.05) is 5.56 Å². The van der Waals surface area contributed by atoms with Gasteiger partial charge in [-0.05, 0) is 25.8 Å². The lowest BCUT2D eigenvalue weighted by molar-refractivity contribution is 0.0904. The number of allylic oxidation sites excluding steroid dienone is 2. The van der Waals surface area contributed by atoms with Crippen LogP contribution in [0.3, 0.4) is 0 Å². The van der Waals surface area contributed by atoms with E-state index in [1.54, 1.807) is 12.1 Å². The molecule has 0 aliphatic rings. The van der Waals surface area contributed by atoms with Crippen molar-refractivity contribution in [3.63, 3.8) is 0 Å². The minimum absolute atomic E-state index is 0.233. The van der Waals surface area contributed by atoms with Gasteiger partial charge in [0.15, 0.2) is 5.78 Å². The fourth-order valence-electron chi connectivity index (χ4n) is 1.24. The lowest BCUT2D eigenvalue weighted by atomic mass is 10.1. The molecule has 1 rings (SSSR count). The lowest BCUT2D eigenvalue weighted by Crippen LogP contribution is -2.03. The molecule has 2 nitrogen and oxygen atoms in total. The highest BCUT2D eigenvalue weighted by molar-refractivity contribution is 5.96. The van der Waals surface area contributed by atoms with Gasteiger partial charge < -0.3 is 5.11 Å². The monoisotopic (exact) mass is 204 g/mol. The van der Waals surface area contributed by atoms with Crippen LogP contribution in [0.1, 0.15) is 29.8 Å². The summed E-state index contributed by atoms with van der Waals surface area (Å²) in [4.78, 5) is 11.1. The van der Waals surface area contributed by atoms with E-state index in [-0.39, 0.29) is 5.78 Å². The molecule has 0 amide bonds. The summed E-state index contributed by atoms with van der Waals surface area (Å²) in [6.45, 7) is 3.70. The van der Waals surface area contributed by atoms with Crippen molar-refractivity contribution in [2.75, 3.05) is 6.61 Å². The summed E-state index contributed by atoms with van der Waals surface area (Å²) in [5, 5.41) is 8.67. The first kappa shape index (κ1) is 11.7. The van der Waals surface area contributed by atoms with Gasteiger partial charge in [-0.25, -0.2) is 0 Å². The van der Waals surface area contributed by atoms with Gasteiger partial charge >= 0.3 is 0 Å². The third-order valence-electron chi connectivity index (χ3n) is 2.17. The summed E-state index contributed by atoms with van der Waals surface area (Å²) in [7, 11) is 0. The van der Waals surface area contributed by atoms with E-state index in [9.17, 15) is 4.79 Å². The second kappa shape index (κ2) is 5.47. The predicted molar refractivity (Wildman–Crippen MR) is 61.0 cm³/mol. The summed E-state index contributed by atoms with van der Waals surface area (Å²) in [6, 6.07) is 7.35. The molecule has 0 aromatic heterocycles. The molecular formula is C13H16O2. The summed E-state index contributed by atoms with van der Waals surface area (Å²) in [6.07, 6.45) is 3.03. The quantitative estimate of drug-likeness (QED) is 0.604. The number of Topliss-reactive ketones (excluding diaryl/α,β-unsaturated/α-hetero) is 1. The van der Waals surface area contributed by atoms with Crippen LogP contribution in [0.4, 0.5) is 0 Å². The van der Waals surface area contributed by atoms with Crippen LogP contribution in [0.5, 0.6) is 0 Å². The maximum absolute atomic E-state index is 11.1. The zero-order chi connectivity index (χ0) is 11.3. The molecule has 0 heterocycles. The van der Waals surface area contributed by atoms with Crippen LogP contribution in [0.2, 0.25) is 0 Å². The largest absolute Gasteiger partial charge is 0.388 e. The minimum Gasteiger partial charge on any atom is -0.388 e. The molecule has 0 aliphatic carbocycles. The van der Waals surface area contributed by atoms with Gasteiger partial charge in [-0.1, -0.05) is 35.9 Å². The van der Waals surface area contributed by atoms with Crippen molar-refractivity contribution in [2.45, 2.75) is 20.3 Å². The third kappa shape index (κ3) is 3.68. The highest BCUT2D eigenvalue weighted by Gasteiger charge is 2.02. The highest BCUT2D eigenvalue weighted by atomic mass is 16.3. The van der Waals surface area contributed by atoms with Crippen LogP contribution in [-0.2, 0) is 6.42 Å². The molecule has 1 aromatic carbocycles. The molecule has 0 atom stereocenters. The lowest BCUT2D eigenvalue weighted by Gasteiger charge is -2.00. The number of hydrogen-bond donors (Lipinski definition) is 1. The van der Waals surface area contributed by atoms with E-state index < -0.39 is 6.61 Å². The first-order chi connectivity index (χ1) is 7.13. The summed E-state index contributed by atoms with van der Waals surface area (Å²) in [5.41, 5.74) is 3.02. The molecule has 0 radical (unpaired) electrons. The molecule has 0 spiro atoms. The Morgan fingerprint density at radius 3 is 2.33 bits per heavy atom. The molecule has 1 aromatic rings. The number of hydrogen-bond acceptors (Lipinski definition) is 2. The number of aliphatic hydroxyl groups is 1. The van der Waals surface area contributed by atoms with Gasteiger partial charge in [0.25, 0.3) is 0 Å². The van der Waals surface area contributed by atoms with Crippen molar-refractivity contribution in [1.82, 2.24) is 0 Å². The van der Waals surface area contributed by atoms with Gasteiger partial charge in [-0.15, -0.1) is 0 Å². The van der Waals surface area contributed by atoms with Crippen molar-refractivity contribution >= 4 is 5.78 Å². The van der Waals surface area contributed by atoms with E-state index in [2.05, 4.69) is 19.9 Å². The SMILES string of the molecule is CC(C)=CCc1ccc(C(=O)CO)cc1. The highest BCUT2D eigenvalue weighted by Crippen LogP contribution is 2.07. The molecule has 0 saturated carbocycles. The number of ketones is 1. The fourth-order valence-corrected chi connectivity index (χ4v) is 1.24. The van der Waals surface area contributed by atoms with E-state index in [1.807, 2.05) is 12.1 Å². The van der Waals surface area contributed by atoms with E-state index in [1.165, 1.54) is 11.1 Å². The Morgan fingerprint density at radius 1 is 1.27 bits per heavy atom. The van der Waals surface area contributed by atoms with Crippen LogP contribution < -0.4 is 0 Å². The molecule has 0 bridgehead atoms.